The smallest absolute Gasteiger partial charge is 0.229 e. The monoisotopic (exact) mass is 295 g/mol. The van der Waals surface area contributed by atoms with Gasteiger partial charge in [-0.05, 0) is 26.7 Å². The predicted molar refractivity (Wildman–Crippen MR) is 78.8 cm³/mol. The number of hydrogen-bond donors (Lipinski definition) is 1. The van der Waals surface area contributed by atoms with E-state index in [9.17, 15) is 4.79 Å². The maximum Gasteiger partial charge on any atom is 0.229 e. The van der Waals surface area contributed by atoms with Crippen LogP contribution in [0.4, 0.5) is 5.13 Å². The van der Waals surface area contributed by atoms with E-state index >= 15 is 0 Å². The molecule has 2 fully saturated rings. The molecule has 110 valence electrons. The topological polar surface area (TPSA) is 54.5 Å². The molecule has 1 N–H and O–H groups in total. The molecule has 0 aromatic carbocycles. The van der Waals surface area contributed by atoms with Gasteiger partial charge in [0.2, 0.25) is 5.91 Å². The molecule has 2 heterocycles. The summed E-state index contributed by atoms with van der Waals surface area (Å²) in [7, 11) is 0. The second kappa shape index (κ2) is 5.79. The molecule has 1 aromatic rings. The Morgan fingerprint density at radius 3 is 2.80 bits per heavy atom. The number of nitrogens with zero attached hydrogens (tertiary/aromatic N) is 2. The summed E-state index contributed by atoms with van der Waals surface area (Å²) in [4.78, 5) is 18.6. The lowest BCUT2D eigenvalue weighted by atomic mass is 10.2. The lowest BCUT2D eigenvalue weighted by Gasteiger charge is -2.34. The molecule has 6 heteroatoms. The van der Waals surface area contributed by atoms with Gasteiger partial charge in [-0.1, -0.05) is 0 Å². The Balaban J connectivity index is 1.55. The molecule has 0 unspecified atom stereocenters. The van der Waals surface area contributed by atoms with Crippen molar-refractivity contribution in [1.82, 2.24) is 9.88 Å². The highest BCUT2D eigenvalue weighted by molar-refractivity contribution is 7.13. The molecule has 0 spiro atoms. The third-order valence-electron chi connectivity index (χ3n) is 3.61. The predicted octanol–water partition coefficient (Wildman–Crippen LogP) is 2.10. The molecule has 2 aliphatic rings. The van der Waals surface area contributed by atoms with E-state index in [1.807, 2.05) is 5.38 Å². The molecule has 1 aliphatic heterocycles. The van der Waals surface area contributed by atoms with E-state index in [4.69, 9.17) is 4.74 Å². The number of nitrogens with one attached hydrogen (secondary N) is 1. The number of hydrogen-bond acceptors (Lipinski definition) is 5. The number of carbonyl (C=O) groups excluding carboxylic acids is 1. The molecule has 0 radical (unpaired) electrons. The van der Waals surface area contributed by atoms with Gasteiger partial charge >= 0.3 is 0 Å². The number of morpholine rings is 1. The molecule has 2 atom stereocenters. The van der Waals surface area contributed by atoms with E-state index in [1.165, 1.54) is 11.3 Å². The summed E-state index contributed by atoms with van der Waals surface area (Å²) in [6, 6.07) is 0. The zero-order valence-electron chi connectivity index (χ0n) is 12.0. The fraction of sp³-hybridized carbons (Fsp3) is 0.714. The van der Waals surface area contributed by atoms with Crippen molar-refractivity contribution in [3.05, 3.63) is 11.1 Å². The fourth-order valence-electron chi connectivity index (χ4n) is 2.63. The van der Waals surface area contributed by atoms with Gasteiger partial charge in [0.1, 0.15) is 0 Å². The third kappa shape index (κ3) is 3.56. The fourth-order valence-corrected chi connectivity index (χ4v) is 3.34. The summed E-state index contributed by atoms with van der Waals surface area (Å²) in [5.74, 6) is 0.350. The molecule has 1 aromatic heterocycles. The normalized spacial score (nSPS) is 27.5. The Labute approximate surface area is 123 Å². The van der Waals surface area contributed by atoms with E-state index < -0.39 is 0 Å². The van der Waals surface area contributed by atoms with Crippen LogP contribution in [0.1, 0.15) is 32.4 Å². The molecule has 1 amide bonds. The van der Waals surface area contributed by atoms with Crippen LogP contribution < -0.4 is 5.32 Å². The van der Waals surface area contributed by atoms with Crippen molar-refractivity contribution in [2.75, 3.05) is 18.4 Å². The van der Waals surface area contributed by atoms with Crippen LogP contribution in [0.15, 0.2) is 5.38 Å². The van der Waals surface area contributed by atoms with Crippen molar-refractivity contribution in [3.8, 4) is 0 Å². The van der Waals surface area contributed by atoms with Crippen LogP contribution in [0.2, 0.25) is 0 Å². The zero-order valence-corrected chi connectivity index (χ0v) is 12.8. The minimum absolute atomic E-state index is 0.125. The number of carbonyl (C=O) groups is 1. The van der Waals surface area contributed by atoms with Crippen molar-refractivity contribution in [2.45, 2.75) is 45.4 Å². The highest BCUT2D eigenvalue weighted by Crippen LogP contribution is 2.30. The summed E-state index contributed by atoms with van der Waals surface area (Å²) >= 11 is 1.51. The minimum Gasteiger partial charge on any atom is -0.373 e. The first-order valence-corrected chi connectivity index (χ1v) is 8.11. The van der Waals surface area contributed by atoms with Crippen LogP contribution in [-0.4, -0.2) is 41.1 Å². The summed E-state index contributed by atoms with van der Waals surface area (Å²) in [5.41, 5.74) is 1.03. The minimum atomic E-state index is 0.125. The Morgan fingerprint density at radius 1 is 1.45 bits per heavy atom. The van der Waals surface area contributed by atoms with Crippen molar-refractivity contribution >= 4 is 22.4 Å². The first-order chi connectivity index (χ1) is 9.60. The van der Waals surface area contributed by atoms with Gasteiger partial charge in [-0.15, -0.1) is 11.3 Å². The van der Waals surface area contributed by atoms with Crippen LogP contribution in [0.5, 0.6) is 0 Å². The van der Waals surface area contributed by atoms with E-state index in [0.717, 1.165) is 43.3 Å². The van der Waals surface area contributed by atoms with Gasteiger partial charge in [0.25, 0.3) is 0 Å². The van der Waals surface area contributed by atoms with Gasteiger partial charge in [-0.3, -0.25) is 9.69 Å². The van der Waals surface area contributed by atoms with Gasteiger partial charge in [0.05, 0.1) is 17.9 Å². The van der Waals surface area contributed by atoms with Crippen LogP contribution in [0.3, 0.4) is 0 Å². The molecule has 0 bridgehead atoms. The number of ether oxygens (including phenoxy) is 1. The van der Waals surface area contributed by atoms with Gasteiger partial charge in [0, 0.05) is 30.9 Å². The lowest BCUT2D eigenvalue weighted by Crippen LogP contribution is -2.44. The first kappa shape index (κ1) is 14.0. The molecular weight excluding hydrogens is 274 g/mol. The highest BCUT2D eigenvalue weighted by Gasteiger charge is 2.30. The summed E-state index contributed by atoms with van der Waals surface area (Å²) < 4.78 is 5.73. The van der Waals surface area contributed by atoms with E-state index in [-0.39, 0.29) is 24.0 Å². The largest absolute Gasteiger partial charge is 0.373 e. The quantitative estimate of drug-likeness (QED) is 0.924. The maximum absolute atomic E-state index is 11.7. The molecule has 1 saturated carbocycles. The molecule has 1 saturated heterocycles. The Kier molecular flexibility index (Phi) is 4.05. The van der Waals surface area contributed by atoms with Crippen molar-refractivity contribution in [1.29, 1.82) is 0 Å². The molecule has 3 rings (SSSR count). The number of amides is 1. The molecule has 1 aliphatic carbocycles. The van der Waals surface area contributed by atoms with Gasteiger partial charge in [0.15, 0.2) is 5.13 Å². The lowest BCUT2D eigenvalue weighted by molar-refractivity contribution is -0.117. The van der Waals surface area contributed by atoms with Crippen LogP contribution in [0.25, 0.3) is 0 Å². The number of anilines is 1. The highest BCUT2D eigenvalue weighted by atomic mass is 32.1. The Morgan fingerprint density at radius 2 is 2.15 bits per heavy atom. The summed E-state index contributed by atoms with van der Waals surface area (Å²) in [5, 5.41) is 5.67. The summed E-state index contributed by atoms with van der Waals surface area (Å²) in [6.07, 6.45) is 2.58. The van der Waals surface area contributed by atoms with E-state index in [2.05, 4.69) is 29.0 Å². The van der Waals surface area contributed by atoms with Crippen molar-refractivity contribution in [3.63, 3.8) is 0 Å². The zero-order chi connectivity index (χ0) is 14.1. The van der Waals surface area contributed by atoms with Crippen LogP contribution in [0, 0.1) is 5.92 Å². The standard InChI is InChI=1S/C14H21N3O2S/c1-9-5-17(6-10(2)19-9)7-12-8-20-14(15-12)16-13(18)11-3-4-11/h8-11H,3-7H2,1-2H3,(H,15,16,18)/t9-,10-/m1/s1. The van der Waals surface area contributed by atoms with E-state index in [1.54, 1.807) is 0 Å². The first-order valence-electron chi connectivity index (χ1n) is 7.23. The van der Waals surface area contributed by atoms with Crippen molar-refractivity contribution < 1.29 is 9.53 Å². The molecule has 5 nitrogen and oxygen atoms in total. The number of thiazole rings is 1. The maximum atomic E-state index is 11.7. The summed E-state index contributed by atoms with van der Waals surface area (Å²) in [6.45, 7) is 6.90. The van der Waals surface area contributed by atoms with E-state index in [0.29, 0.717) is 0 Å². The van der Waals surface area contributed by atoms with Gasteiger partial charge in [-0.25, -0.2) is 4.98 Å². The average Bonchev–Trinajstić information content (AvgIpc) is 3.12. The second-order valence-corrected chi connectivity index (χ2v) is 6.72. The Hall–Kier alpha value is -0.980. The van der Waals surface area contributed by atoms with Gasteiger partial charge < -0.3 is 10.1 Å². The third-order valence-corrected chi connectivity index (χ3v) is 4.42. The number of aromatic nitrogens is 1. The SMILES string of the molecule is C[C@@H]1CN(Cc2csc(NC(=O)C3CC3)n2)C[C@@H](C)O1. The number of rotatable bonds is 4. The van der Waals surface area contributed by atoms with Gasteiger partial charge in [-0.2, -0.15) is 0 Å². The molecule has 20 heavy (non-hydrogen) atoms. The Bertz CT molecular complexity index is 477. The van der Waals surface area contributed by atoms with Crippen LogP contribution >= 0.6 is 11.3 Å². The van der Waals surface area contributed by atoms with Crippen molar-refractivity contribution in [2.24, 2.45) is 5.92 Å². The van der Waals surface area contributed by atoms with Crippen LogP contribution in [-0.2, 0) is 16.1 Å². The second-order valence-electron chi connectivity index (χ2n) is 5.86. The average molecular weight is 295 g/mol. The molecular formula is C14H21N3O2S.